The molecule has 2 nitrogen and oxygen atoms in total. The topological polar surface area (TPSA) is 46.2 Å². The molecule has 1 atom stereocenters. The van der Waals surface area contributed by atoms with Crippen LogP contribution < -0.4 is 5.73 Å². The number of nitrogens with two attached hydrogens (primary N) is 1. The lowest BCUT2D eigenvalue weighted by Crippen LogP contribution is -2.35. The summed E-state index contributed by atoms with van der Waals surface area (Å²) in [6.45, 7) is -1.26. The molecule has 0 saturated heterocycles. The van der Waals surface area contributed by atoms with Crippen molar-refractivity contribution >= 4 is 35.3 Å². The molecule has 0 fully saturated rings. The number of thiophene rings is 1. The van der Waals surface area contributed by atoms with Gasteiger partial charge in [0, 0.05) is 4.88 Å². The highest BCUT2D eigenvalue weighted by molar-refractivity contribution is 7.16. The first-order valence-corrected chi connectivity index (χ1v) is 4.66. The molecule has 7 heteroatoms. The molecule has 1 aromatic rings. The molecule has 0 radical (unpaired) electrons. The van der Waals surface area contributed by atoms with Gasteiger partial charge in [0.2, 0.25) is 0 Å². The maximum absolute atomic E-state index is 12.8. The zero-order valence-corrected chi connectivity index (χ0v) is 9.30. The minimum absolute atomic E-state index is 0. The van der Waals surface area contributed by atoms with Crippen LogP contribution >= 0.6 is 35.3 Å². The normalized spacial score (nSPS) is 13.5. The molecule has 0 aliphatic rings. The number of aliphatic hydroxyl groups is 1. The fraction of sp³-hybridized carbons (Fsp3) is 0.429. The third-order valence-electron chi connectivity index (χ3n) is 1.57. The second kappa shape index (κ2) is 5.23. The van der Waals surface area contributed by atoms with Crippen molar-refractivity contribution in [2.75, 3.05) is 6.61 Å². The Bertz CT molecular complexity index is 295. The first-order chi connectivity index (χ1) is 5.97. The average molecular weight is 264 g/mol. The van der Waals surface area contributed by atoms with E-state index in [0.29, 0.717) is 4.34 Å². The molecule has 0 bridgehead atoms. The van der Waals surface area contributed by atoms with E-state index < -0.39 is 18.6 Å². The van der Waals surface area contributed by atoms with Crippen molar-refractivity contribution in [2.24, 2.45) is 5.73 Å². The second-order valence-electron chi connectivity index (χ2n) is 2.54. The maximum Gasteiger partial charge on any atom is 0.290 e. The first kappa shape index (κ1) is 14.1. The third kappa shape index (κ3) is 3.03. The van der Waals surface area contributed by atoms with Crippen LogP contribution in [0.1, 0.15) is 10.9 Å². The van der Waals surface area contributed by atoms with Gasteiger partial charge >= 0.3 is 0 Å². The van der Waals surface area contributed by atoms with Crippen LogP contribution in [0.2, 0.25) is 4.34 Å². The van der Waals surface area contributed by atoms with Gasteiger partial charge in [0.05, 0.1) is 4.34 Å². The van der Waals surface area contributed by atoms with Gasteiger partial charge in [-0.25, -0.2) is 8.78 Å². The molecule has 3 N–H and O–H groups in total. The zero-order chi connectivity index (χ0) is 10.1. The summed E-state index contributed by atoms with van der Waals surface area (Å²) in [5.41, 5.74) is 5.24. The van der Waals surface area contributed by atoms with Crippen molar-refractivity contribution in [3.05, 3.63) is 21.3 Å². The predicted molar refractivity (Wildman–Crippen MR) is 55.5 cm³/mol. The van der Waals surface area contributed by atoms with Gasteiger partial charge in [0.25, 0.3) is 5.92 Å². The monoisotopic (exact) mass is 263 g/mol. The van der Waals surface area contributed by atoms with Crippen LogP contribution in [-0.2, 0) is 0 Å². The van der Waals surface area contributed by atoms with Gasteiger partial charge in [-0.3, -0.25) is 0 Å². The van der Waals surface area contributed by atoms with Crippen LogP contribution in [0.4, 0.5) is 8.78 Å². The van der Waals surface area contributed by atoms with E-state index in [1.54, 1.807) is 0 Å². The summed E-state index contributed by atoms with van der Waals surface area (Å²) in [6.07, 6.45) is 0. The van der Waals surface area contributed by atoms with Gasteiger partial charge in [-0.2, -0.15) is 0 Å². The molecule has 0 unspecified atom stereocenters. The van der Waals surface area contributed by atoms with Crippen molar-refractivity contribution in [3.8, 4) is 0 Å². The van der Waals surface area contributed by atoms with Gasteiger partial charge in [0.1, 0.15) is 12.6 Å². The van der Waals surface area contributed by atoms with Crippen molar-refractivity contribution in [1.82, 2.24) is 0 Å². The lowest BCUT2D eigenvalue weighted by molar-refractivity contribution is -0.0703. The Morgan fingerprint density at radius 1 is 1.57 bits per heavy atom. The Morgan fingerprint density at radius 2 is 2.14 bits per heavy atom. The molecule has 0 aromatic carbocycles. The quantitative estimate of drug-likeness (QED) is 0.880. The second-order valence-corrected chi connectivity index (χ2v) is 4.29. The molecule has 1 aromatic heterocycles. The fourth-order valence-electron chi connectivity index (χ4n) is 0.802. The lowest BCUT2D eigenvalue weighted by atomic mass is 10.1. The van der Waals surface area contributed by atoms with Crippen LogP contribution in [0.25, 0.3) is 0 Å². The largest absolute Gasteiger partial charge is 0.390 e. The summed E-state index contributed by atoms with van der Waals surface area (Å²) < 4.78 is 26.1. The van der Waals surface area contributed by atoms with Gasteiger partial charge in [-0.05, 0) is 12.1 Å². The molecule has 0 aliphatic heterocycles. The lowest BCUT2D eigenvalue weighted by Gasteiger charge is -2.19. The number of rotatable bonds is 3. The van der Waals surface area contributed by atoms with Crippen LogP contribution in [0.3, 0.4) is 0 Å². The third-order valence-corrected chi connectivity index (χ3v) is 2.88. The molecule has 0 aliphatic carbocycles. The molecule has 14 heavy (non-hydrogen) atoms. The highest BCUT2D eigenvalue weighted by Crippen LogP contribution is 2.34. The molecule has 1 rings (SSSR count). The van der Waals surface area contributed by atoms with Crippen molar-refractivity contribution < 1.29 is 13.9 Å². The summed E-state index contributed by atoms with van der Waals surface area (Å²) in [5, 5.41) is 8.37. The Kier molecular flexibility index (Phi) is 5.25. The molecule has 0 saturated carbocycles. The fourth-order valence-corrected chi connectivity index (χ4v) is 1.93. The molecule has 0 amide bonds. The summed E-state index contributed by atoms with van der Waals surface area (Å²) in [6, 6.07) is 1.44. The predicted octanol–water partition coefficient (Wildman–Crippen LogP) is 2.45. The smallest absolute Gasteiger partial charge is 0.290 e. The molecule has 0 spiro atoms. The van der Waals surface area contributed by atoms with E-state index in [1.165, 1.54) is 12.1 Å². The standard InChI is InChI=1S/C7H8ClF2NOS.ClH/c8-5-2-1-4(13-5)6(11)7(9,10)3-12;/h1-2,6,12H,3,11H2;1H/t6-;/m0./s1. The summed E-state index contributed by atoms with van der Waals surface area (Å²) in [5.74, 6) is -3.30. The van der Waals surface area contributed by atoms with Crippen LogP contribution in [0.5, 0.6) is 0 Å². The number of hydrogen-bond donors (Lipinski definition) is 2. The van der Waals surface area contributed by atoms with E-state index in [0.717, 1.165) is 11.3 Å². The van der Waals surface area contributed by atoms with Crippen molar-refractivity contribution in [2.45, 2.75) is 12.0 Å². The minimum Gasteiger partial charge on any atom is -0.390 e. The Labute approximate surface area is 95.1 Å². The Balaban J connectivity index is 0.00000169. The molecule has 82 valence electrons. The van der Waals surface area contributed by atoms with Crippen LogP contribution in [-0.4, -0.2) is 17.6 Å². The Morgan fingerprint density at radius 3 is 2.50 bits per heavy atom. The first-order valence-electron chi connectivity index (χ1n) is 3.47. The highest BCUT2D eigenvalue weighted by atomic mass is 35.5. The van der Waals surface area contributed by atoms with E-state index in [1.807, 2.05) is 0 Å². The van der Waals surface area contributed by atoms with Crippen LogP contribution in [0, 0.1) is 0 Å². The van der Waals surface area contributed by atoms with Gasteiger partial charge < -0.3 is 10.8 Å². The summed E-state index contributed by atoms with van der Waals surface area (Å²) in [7, 11) is 0. The SMILES string of the molecule is Cl.N[C@@H](c1ccc(Cl)s1)C(F)(F)CO. The Hall–Kier alpha value is 0.0600. The van der Waals surface area contributed by atoms with Crippen LogP contribution in [0.15, 0.2) is 12.1 Å². The number of hydrogen-bond acceptors (Lipinski definition) is 3. The average Bonchev–Trinajstić information content (AvgIpc) is 2.50. The highest BCUT2D eigenvalue weighted by Gasteiger charge is 2.38. The van der Waals surface area contributed by atoms with Gasteiger partial charge in [0.15, 0.2) is 0 Å². The number of halogens is 4. The van der Waals surface area contributed by atoms with Gasteiger partial charge in [-0.1, -0.05) is 11.6 Å². The molecular weight excluding hydrogens is 255 g/mol. The van der Waals surface area contributed by atoms with E-state index >= 15 is 0 Å². The molecular formula is C7H9Cl2F2NOS. The number of aliphatic hydroxyl groups excluding tert-OH is 1. The van der Waals surface area contributed by atoms with E-state index in [4.69, 9.17) is 22.4 Å². The van der Waals surface area contributed by atoms with E-state index in [2.05, 4.69) is 0 Å². The minimum atomic E-state index is -3.30. The zero-order valence-electron chi connectivity index (χ0n) is 6.91. The summed E-state index contributed by atoms with van der Waals surface area (Å²) in [4.78, 5) is 0.268. The van der Waals surface area contributed by atoms with E-state index in [-0.39, 0.29) is 17.3 Å². The van der Waals surface area contributed by atoms with Crippen molar-refractivity contribution in [1.29, 1.82) is 0 Å². The number of alkyl halides is 2. The van der Waals surface area contributed by atoms with Gasteiger partial charge in [-0.15, -0.1) is 23.7 Å². The molecule has 1 heterocycles. The van der Waals surface area contributed by atoms with E-state index in [9.17, 15) is 8.78 Å². The van der Waals surface area contributed by atoms with Crippen molar-refractivity contribution in [3.63, 3.8) is 0 Å². The summed E-state index contributed by atoms with van der Waals surface area (Å²) >= 11 is 6.54. The maximum atomic E-state index is 12.8.